The predicted octanol–water partition coefficient (Wildman–Crippen LogP) is 7.18. The molecule has 0 fully saturated rings. The Bertz CT molecular complexity index is 991. The first kappa shape index (κ1) is 20.9. The predicted molar refractivity (Wildman–Crippen MR) is 115 cm³/mol. The van der Waals surface area contributed by atoms with Crippen molar-refractivity contribution in [3.05, 3.63) is 102 Å². The van der Waals surface area contributed by atoms with E-state index < -0.39 is 11.6 Å². The van der Waals surface area contributed by atoms with Crippen molar-refractivity contribution in [1.82, 2.24) is 0 Å². The minimum absolute atomic E-state index is 0.132. The molecule has 3 rings (SSSR count). The smallest absolute Gasteiger partial charge is 0.197 e. The summed E-state index contributed by atoms with van der Waals surface area (Å²) < 4.78 is 0. The van der Waals surface area contributed by atoms with E-state index in [0.29, 0.717) is 11.1 Å². The second-order valence-electron chi connectivity index (χ2n) is 6.20. The zero-order chi connectivity index (χ0) is 20.6. The largest absolute Gasteiger partial charge is 0.288 e. The molecule has 0 unspecified atom stereocenters. The molecule has 0 N–H and O–H groups in total. The van der Waals surface area contributed by atoms with E-state index in [4.69, 9.17) is 46.4 Å². The van der Waals surface area contributed by atoms with Crippen LogP contribution in [0.4, 0.5) is 0 Å². The molecule has 0 spiro atoms. The fraction of sp³-hybridized carbons (Fsp3) is 0.0909. The first-order valence-electron chi connectivity index (χ1n) is 8.23. The molecule has 28 heavy (non-hydrogen) atoms. The van der Waals surface area contributed by atoms with Gasteiger partial charge in [0.2, 0.25) is 0 Å². The van der Waals surface area contributed by atoms with Crippen LogP contribution in [0.2, 0.25) is 20.1 Å². The number of hydrogen-bond donors (Lipinski definition) is 0. The molecule has 141 valence electrons. The highest BCUT2D eigenvalue weighted by atomic mass is 35.5. The lowest BCUT2D eigenvalue weighted by Crippen LogP contribution is -2.16. The van der Waals surface area contributed by atoms with E-state index in [2.05, 4.69) is 6.07 Å². The van der Waals surface area contributed by atoms with E-state index in [1.165, 1.54) is 0 Å². The van der Waals surface area contributed by atoms with E-state index in [1.807, 2.05) is 0 Å². The van der Waals surface area contributed by atoms with Crippen molar-refractivity contribution in [3.63, 3.8) is 0 Å². The lowest BCUT2D eigenvalue weighted by atomic mass is 9.87. The minimum Gasteiger partial charge on any atom is -0.288 e. The Morgan fingerprint density at radius 1 is 0.679 bits per heavy atom. The number of rotatable bonds is 4. The highest BCUT2D eigenvalue weighted by Crippen LogP contribution is 2.33. The van der Waals surface area contributed by atoms with Crippen LogP contribution in [0.5, 0.6) is 0 Å². The van der Waals surface area contributed by atoms with Gasteiger partial charge in [0.25, 0.3) is 0 Å². The first-order valence-corrected chi connectivity index (χ1v) is 9.74. The third kappa shape index (κ3) is 3.70. The van der Waals surface area contributed by atoms with Gasteiger partial charge < -0.3 is 0 Å². The topological polar surface area (TPSA) is 34.1 Å². The van der Waals surface area contributed by atoms with Gasteiger partial charge in [-0.1, -0.05) is 64.6 Å². The van der Waals surface area contributed by atoms with Crippen molar-refractivity contribution < 1.29 is 9.59 Å². The highest BCUT2D eigenvalue weighted by molar-refractivity contribution is 6.43. The van der Waals surface area contributed by atoms with E-state index in [0.717, 1.165) is 0 Å². The Hall–Kier alpha value is -1.84. The normalized spacial score (nSPS) is 10.8. The molecule has 0 aliphatic heterocycles. The first-order chi connectivity index (χ1) is 13.2. The standard InChI is InChI=1S/C22H13Cl4O2/c1-11-9-10-12(2)18(22(28)20-15(25)7-4-8-16(20)26)17(11)21(27)19-13(23)5-3-6-14(19)24/h3-9H,1-2H3. The second-order valence-corrected chi connectivity index (χ2v) is 7.83. The highest BCUT2D eigenvalue weighted by Gasteiger charge is 2.28. The summed E-state index contributed by atoms with van der Waals surface area (Å²) in [6, 6.07) is 14.2. The average molecular weight is 451 g/mol. The van der Waals surface area contributed by atoms with Crippen molar-refractivity contribution in [2.45, 2.75) is 13.8 Å². The number of benzene rings is 3. The van der Waals surface area contributed by atoms with Crippen LogP contribution in [0.15, 0.2) is 42.5 Å². The molecule has 3 aromatic carbocycles. The molecular formula is C22H13Cl4O2. The van der Waals surface area contributed by atoms with Crippen LogP contribution in [0.1, 0.15) is 43.0 Å². The van der Waals surface area contributed by atoms with Gasteiger partial charge in [0, 0.05) is 11.1 Å². The maximum absolute atomic E-state index is 13.4. The molecule has 3 aromatic rings. The molecular weight excluding hydrogens is 438 g/mol. The molecule has 0 heterocycles. The van der Waals surface area contributed by atoms with Gasteiger partial charge in [0.1, 0.15) is 0 Å². The Kier molecular flexibility index (Phi) is 6.16. The van der Waals surface area contributed by atoms with Gasteiger partial charge in [-0.2, -0.15) is 0 Å². The van der Waals surface area contributed by atoms with Gasteiger partial charge in [-0.25, -0.2) is 0 Å². The summed E-state index contributed by atoms with van der Waals surface area (Å²) in [6.45, 7) is 3.42. The second kappa shape index (κ2) is 8.26. The quantitative estimate of drug-likeness (QED) is 0.394. The lowest BCUT2D eigenvalue weighted by molar-refractivity contribution is 0.100. The van der Waals surface area contributed by atoms with Crippen molar-refractivity contribution in [3.8, 4) is 0 Å². The van der Waals surface area contributed by atoms with Crippen LogP contribution in [-0.2, 0) is 0 Å². The van der Waals surface area contributed by atoms with E-state index >= 15 is 0 Å². The maximum atomic E-state index is 13.4. The summed E-state index contributed by atoms with van der Waals surface area (Å²) in [4.78, 5) is 26.8. The third-order valence-corrected chi connectivity index (χ3v) is 5.62. The average Bonchev–Trinajstić information content (AvgIpc) is 2.62. The molecule has 0 saturated carbocycles. The van der Waals surface area contributed by atoms with E-state index in [-0.39, 0.29) is 42.3 Å². The van der Waals surface area contributed by atoms with Gasteiger partial charge in [-0.3, -0.25) is 9.59 Å². The molecule has 0 amide bonds. The fourth-order valence-electron chi connectivity index (χ4n) is 3.00. The summed E-state index contributed by atoms with van der Waals surface area (Å²) in [7, 11) is 0. The van der Waals surface area contributed by atoms with Crippen LogP contribution < -0.4 is 0 Å². The van der Waals surface area contributed by atoms with E-state index in [9.17, 15) is 9.59 Å². The van der Waals surface area contributed by atoms with Crippen molar-refractivity contribution in [1.29, 1.82) is 0 Å². The van der Waals surface area contributed by atoms with Crippen LogP contribution in [-0.4, -0.2) is 11.6 Å². The summed E-state index contributed by atoms with van der Waals surface area (Å²) in [5.74, 6) is -0.906. The molecule has 0 atom stereocenters. The molecule has 1 radical (unpaired) electrons. The number of hydrogen-bond acceptors (Lipinski definition) is 2. The number of halogens is 4. The number of carbonyl (C=O) groups excluding carboxylic acids is 2. The van der Waals surface area contributed by atoms with E-state index in [1.54, 1.807) is 56.3 Å². The zero-order valence-electron chi connectivity index (χ0n) is 14.9. The molecule has 0 aromatic heterocycles. The van der Waals surface area contributed by atoms with Gasteiger partial charge in [0.15, 0.2) is 11.6 Å². The van der Waals surface area contributed by atoms with Gasteiger partial charge in [-0.05, 0) is 55.3 Å². The van der Waals surface area contributed by atoms with Crippen LogP contribution in [0, 0.1) is 19.9 Å². The molecule has 0 aliphatic rings. The molecule has 6 heteroatoms. The third-order valence-electron chi connectivity index (χ3n) is 4.36. The monoisotopic (exact) mass is 449 g/mol. The molecule has 0 saturated heterocycles. The zero-order valence-corrected chi connectivity index (χ0v) is 17.9. The fourth-order valence-corrected chi connectivity index (χ4v) is 4.14. The molecule has 2 nitrogen and oxygen atoms in total. The maximum Gasteiger partial charge on any atom is 0.197 e. The van der Waals surface area contributed by atoms with Gasteiger partial charge in [0.05, 0.1) is 31.2 Å². The minimum atomic E-state index is -0.459. The number of ketones is 2. The van der Waals surface area contributed by atoms with Crippen molar-refractivity contribution in [2.75, 3.05) is 0 Å². The lowest BCUT2D eigenvalue weighted by Gasteiger charge is -2.16. The van der Waals surface area contributed by atoms with Crippen LogP contribution in [0.25, 0.3) is 0 Å². The van der Waals surface area contributed by atoms with Crippen LogP contribution >= 0.6 is 46.4 Å². The molecule has 0 aliphatic carbocycles. The summed E-state index contributed by atoms with van der Waals surface area (Å²) in [5.41, 5.74) is 1.71. The SMILES string of the molecule is Cc1[c]cc(C)c(C(=O)c2c(Cl)cccc2Cl)c1C(=O)c1c(Cl)cccc1Cl. The summed E-state index contributed by atoms with van der Waals surface area (Å²) >= 11 is 24.9. The molecule has 0 bridgehead atoms. The van der Waals surface area contributed by atoms with Crippen molar-refractivity contribution in [2.24, 2.45) is 0 Å². The van der Waals surface area contributed by atoms with Crippen LogP contribution in [0.3, 0.4) is 0 Å². The Balaban J connectivity index is 2.29. The summed E-state index contributed by atoms with van der Waals surface area (Å²) in [5, 5.41) is 0.813. The van der Waals surface area contributed by atoms with Crippen molar-refractivity contribution >= 4 is 58.0 Å². The number of aryl methyl sites for hydroxylation is 2. The Labute approximate surface area is 183 Å². The Morgan fingerprint density at radius 2 is 1.07 bits per heavy atom. The van der Waals surface area contributed by atoms with Gasteiger partial charge >= 0.3 is 0 Å². The summed E-state index contributed by atoms with van der Waals surface area (Å²) in [6.07, 6.45) is 0. The number of carbonyl (C=O) groups is 2. The van der Waals surface area contributed by atoms with Gasteiger partial charge in [-0.15, -0.1) is 0 Å². The Morgan fingerprint density at radius 3 is 1.50 bits per heavy atom.